The summed E-state index contributed by atoms with van der Waals surface area (Å²) in [5, 5.41) is 3.42. The summed E-state index contributed by atoms with van der Waals surface area (Å²) in [5.74, 6) is 0.865. The summed E-state index contributed by atoms with van der Waals surface area (Å²) in [4.78, 5) is 2.56. The van der Waals surface area contributed by atoms with E-state index in [-0.39, 0.29) is 0 Å². The van der Waals surface area contributed by atoms with E-state index in [1.54, 1.807) is 0 Å². The molecule has 0 aromatic carbocycles. The Balaban J connectivity index is 0.000000791. The van der Waals surface area contributed by atoms with Crippen molar-refractivity contribution in [2.75, 3.05) is 26.7 Å². The number of nitrogens with one attached hydrogen (secondary N) is 1. The molecule has 1 aliphatic rings. The maximum absolute atomic E-state index is 3.42. The second-order valence-corrected chi connectivity index (χ2v) is 3.75. The van der Waals surface area contributed by atoms with Crippen molar-refractivity contribution in [2.24, 2.45) is 5.92 Å². The van der Waals surface area contributed by atoms with Gasteiger partial charge in [-0.25, -0.2) is 0 Å². The Morgan fingerprint density at radius 3 is 2.36 bits per heavy atom. The quantitative estimate of drug-likeness (QED) is 0.752. The Morgan fingerprint density at radius 1 is 1.29 bits per heavy atom. The predicted molar refractivity (Wildman–Crippen MR) is 64.7 cm³/mol. The predicted octanol–water partition coefficient (Wildman–Crippen LogP) is 2.35. The molecule has 0 saturated carbocycles. The monoisotopic (exact) mass is 200 g/mol. The van der Waals surface area contributed by atoms with Crippen LogP contribution in [0.3, 0.4) is 0 Å². The second-order valence-electron chi connectivity index (χ2n) is 3.75. The fourth-order valence-corrected chi connectivity index (χ4v) is 2.19. The van der Waals surface area contributed by atoms with Gasteiger partial charge in [0.2, 0.25) is 0 Å². The summed E-state index contributed by atoms with van der Waals surface area (Å²) >= 11 is 0. The van der Waals surface area contributed by atoms with Gasteiger partial charge in [0.15, 0.2) is 0 Å². The van der Waals surface area contributed by atoms with Gasteiger partial charge in [0.05, 0.1) is 0 Å². The first kappa shape index (κ1) is 13.9. The Labute approximate surface area is 90.1 Å². The Bertz CT molecular complexity index is 125. The average Bonchev–Trinajstić information content (AvgIpc) is 2.30. The van der Waals surface area contributed by atoms with E-state index < -0.39 is 0 Å². The molecular weight excluding hydrogens is 172 g/mol. The molecule has 2 atom stereocenters. The zero-order valence-electron chi connectivity index (χ0n) is 10.6. The van der Waals surface area contributed by atoms with Crippen LogP contribution in [0.4, 0.5) is 0 Å². The Kier molecular flexibility index (Phi) is 8.20. The normalized spacial score (nSPS) is 28.1. The lowest BCUT2D eigenvalue weighted by Crippen LogP contribution is -2.47. The lowest BCUT2D eigenvalue weighted by molar-refractivity contribution is 0.145. The van der Waals surface area contributed by atoms with Crippen LogP contribution in [0.1, 0.15) is 40.5 Å². The van der Waals surface area contributed by atoms with E-state index in [4.69, 9.17) is 0 Å². The lowest BCUT2D eigenvalue weighted by atomic mass is 9.90. The number of nitrogens with zero attached hydrogens (tertiary/aromatic N) is 1. The number of rotatable bonds is 3. The molecule has 0 aliphatic carbocycles. The van der Waals surface area contributed by atoms with Crippen molar-refractivity contribution in [1.82, 2.24) is 10.2 Å². The Hall–Kier alpha value is -0.0800. The van der Waals surface area contributed by atoms with Gasteiger partial charge in [0.25, 0.3) is 0 Å². The molecule has 14 heavy (non-hydrogen) atoms. The molecule has 2 nitrogen and oxygen atoms in total. The van der Waals surface area contributed by atoms with E-state index >= 15 is 0 Å². The van der Waals surface area contributed by atoms with Crippen molar-refractivity contribution in [3.63, 3.8) is 0 Å². The van der Waals surface area contributed by atoms with E-state index in [2.05, 4.69) is 31.1 Å². The van der Waals surface area contributed by atoms with Gasteiger partial charge in [-0.05, 0) is 32.5 Å². The molecule has 1 N–H and O–H groups in total. The maximum Gasteiger partial charge on any atom is 0.0117 e. The van der Waals surface area contributed by atoms with Gasteiger partial charge in [-0.15, -0.1) is 0 Å². The molecule has 1 rings (SSSR count). The summed E-state index contributed by atoms with van der Waals surface area (Å²) < 4.78 is 0. The van der Waals surface area contributed by atoms with E-state index in [9.17, 15) is 0 Å². The van der Waals surface area contributed by atoms with Gasteiger partial charge in [-0.1, -0.05) is 34.1 Å². The SMILES string of the molecule is CC.CCC1CN(CC)CCC1NC. The molecule has 0 aromatic rings. The van der Waals surface area contributed by atoms with E-state index in [0.29, 0.717) is 0 Å². The fourth-order valence-electron chi connectivity index (χ4n) is 2.19. The van der Waals surface area contributed by atoms with Gasteiger partial charge in [-0.3, -0.25) is 0 Å². The first-order valence-electron chi connectivity index (χ1n) is 6.21. The van der Waals surface area contributed by atoms with Gasteiger partial charge in [0.1, 0.15) is 0 Å². The first-order valence-corrected chi connectivity index (χ1v) is 6.21. The molecule has 0 amide bonds. The van der Waals surface area contributed by atoms with Crippen molar-refractivity contribution < 1.29 is 0 Å². The summed E-state index contributed by atoms with van der Waals surface area (Å²) in [6, 6.07) is 0.762. The molecule has 1 fully saturated rings. The lowest BCUT2D eigenvalue weighted by Gasteiger charge is -2.37. The topological polar surface area (TPSA) is 15.3 Å². The molecule has 1 heterocycles. The standard InChI is InChI=1S/C10H22N2.C2H6/c1-4-9-8-12(5-2)7-6-10(9)11-3;1-2/h9-11H,4-8H2,1-3H3;1-2H3. The highest BCUT2D eigenvalue weighted by atomic mass is 15.1. The van der Waals surface area contributed by atoms with Gasteiger partial charge in [0, 0.05) is 12.6 Å². The molecular formula is C12H28N2. The van der Waals surface area contributed by atoms with Crippen LogP contribution < -0.4 is 5.32 Å². The molecule has 2 unspecified atom stereocenters. The third-order valence-electron chi connectivity index (χ3n) is 3.16. The van der Waals surface area contributed by atoms with Crippen LogP contribution in [0.15, 0.2) is 0 Å². The minimum Gasteiger partial charge on any atom is -0.317 e. The van der Waals surface area contributed by atoms with E-state index in [1.165, 1.54) is 32.5 Å². The smallest absolute Gasteiger partial charge is 0.0117 e. The van der Waals surface area contributed by atoms with Crippen molar-refractivity contribution in [3.05, 3.63) is 0 Å². The van der Waals surface area contributed by atoms with Crippen LogP contribution in [0.2, 0.25) is 0 Å². The maximum atomic E-state index is 3.42. The summed E-state index contributed by atoms with van der Waals surface area (Å²) in [6.45, 7) is 12.3. The molecule has 2 heteroatoms. The van der Waals surface area contributed by atoms with Crippen molar-refractivity contribution in [1.29, 1.82) is 0 Å². The van der Waals surface area contributed by atoms with Crippen LogP contribution in [0, 0.1) is 5.92 Å². The minimum atomic E-state index is 0.762. The molecule has 0 bridgehead atoms. The van der Waals surface area contributed by atoms with Gasteiger partial charge < -0.3 is 10.2 Å². The third kappa shape index (κ3) is 3.97. The van der Waals surface area contributed by atoms with Crippen LogP contribution in [0.5, 0.6) is 0 Å². The molecule has 0 aromatic heterocycles. The first-order chi connectivity index (χ1) is 6.81. The molecule has 0 radical (unpaired) electrons. The molecule has 1 saturated heterocycles. The van der Waals surface area contributed by atoms with Crippen LogP contribution in [0.25, 0.3) is 0 Å². The van der Waals surface area contributed by atoms with Gasteiger partial charge in [-0.2, -0.15) is 0 Å². The van der Waals surface area contributed by atoms with Gasteiger partial charge >= 0.3 is 0 Å². The average molecular weight is 200 g/mol. The second kappa shape index (κ2) is 8.25. The highest BCUT2D eigenvalue weighted by Gasteiger charge is 2.25. The highest BCUT2D eigenvalue weighted by Crippen LogP contribution is 2.19. The zero-order chi connectivity index (χ0) is 11.0. The number of hydrogen-bond donors (Lipinski definition) is 1. The van der Waals surface area contributed by atoms with E-state index in [1.807, 2.05) is 13.8 Å². The molecule has 0 spiro atoms. The fraction of sp³-hybridized carbons (Fsp3) is 1.00. The largest absolute Gasteiger partial charge is 0.317 e. The van der Waals surface area contributed by atoms with Crippen LogP contribution in [-0.2, 0) is 0 Å². The minimum absolute atomic E-state index is 0.762. The number of piperidine rings is 1. The van der Waals surface area contributed by atoms with Crippen molar-refractivity contribution >= 4 is 0 Å². The zero-order valence-corrected chi connectivity index (χ0v) is 10.6. The number of hydrogen-bond acceptors (Lipinski definition) is 2. The molecule has 86 valence electrons. The van der Waals surface area contributed by atoms with Crippen molar-refractivity contribution in [3.8, 4) is 0 Å². The van der Waals surface area contributed by atoms with Crippen LogP contribution >= 0.6 is 0 Å². The summed E-state index contributed by atoms with van der Waals surface area (Å²) in [7, 11) is 2.09. The summed E-state index contributed by atoms with van der Waals surface area (Å²) in [5.41, 5.74) is 0. The van der Waals surface area contributed by atoms with E-state index in [0.717, 1.165) is 12.0 Å². The Morgan fingerprint density at radius 2 is 1.93 bits per heavy atom. The third-order valence-corrected chi connectivity index (χ3v) is 3.16. The van der Waals surface area contributed by atoms with Crippen molar-refractivity contribution in [2.45, 2.75) is 46.6 Å². The summed E-state index contributed by atoms with van der Waals surface area (Å²) in [6.07, 6.45) is 2.63. The van der Waals surface area contributed by atoms with Crippen LogP contribution in [-0.4, -0.2) is 37.6 Å². The number of likely N-dealkylation sites (tertiary alicyclic amines) is 1. The molecule has 1 aliphatic heterocycles. The highest BCUT2D eigenvalue weighted by molar-refractivity contribution is 4.82.